The Morgan fingerprint density at radius 2 is 1.92 bits per heavy atom. The molecule has 128 valence electrons. The molecule has 7 heteroatoms. The minimum absolute atomic E-state index is 0.00169. The lowest BCUT2D eigenvalue weighted by Gasteiger charge is -2.10. The van der Waals surface area contributed by atoms with Gasteiger partial charge in [-0.05, 0) is 29.3 Å². The zero-order chi connectivity index (χ0) is 17.6. The van der Waals surface area contributed by atoms with E-state index in [1.165, 1.54) is 23.8 Å². The molecule has 5 nitrogen and oxygen atoms in total. The summed E-state index contributed by atoms with van der Waals surface area (Å²) < 4.78 is 0.428. The number of rotatable bonds is 5. The quantitative estimate of drug-likeness (QED) is 0.467. The van der Waals surface area contributed by atoms with Gasteiger partial charge < -0.3 is 5.32 Å². The first kappa shape index (κ1) is 17.6. The van der Waals surface area contributed by atoms with Crippen molar-refractivity contribution in [3.63, 3.8) is 0 Å². The number of nitrogens with zero attached hydrogens (tertiary/aromatic N) is 1. The molecule has 25 heavy (non-hydrogen) atoms. The first-order valence-corrected chi connectivity index (χ1v) is 9.78. The second kappa shape index (κ2) is 8.22. The fraction of sp³-hybridized carbons (Fsp3) is 0.167. The zero-order valence-corrected chi connectivity index (χ0v) is 14.9. The molecule has 0 atom stereocenters. The van der Waals surface area contributed by atoms with Crippen LogP contribution >= 0.6 is 23.5 Å². The first-order valence-electron chi connectivity index (χ1n) is 7.68. The number of hydrogen-bond acceptors (Lipinski definition) is 5. The molecule has 1 fully saturated rings. The lowest BCUT2D eigenvalue weighted by Crippen LogP contribution is -2.08. The van der Waals surface area contributed by atoms with Crippen LogP contribution in [0.4, 0.5) is 11.4 Å². The number of amides is 1. The Morgan fingerprint density at radius 1 is 1.16 bits per heavy atom. The third-order valence-electron chi connectivity index (χ3n) is 3.56. The molecule has 1 amide bonds. The van der Waals surface area contributed by atoms with E-state index in [0.29, 0.717) is 10.1 Å². The van der Waals surface area contributed by atoms with Gasteiger partial charge in [0.05, 0.1) is 9.51 Å². The van der Waals surface area contributed by atoms with Crippen molar-refractivity contribution in [2.24, 2.45) is 0 Å². The van der Waals surface area contributed by atoms with Gasteiger partial charge in [0.25, 0.3) is 5.69 Å². The number of benzene rings is 2. The van der Waals surface area contributed by atoms with E-state index in [1.807, 2.05) is 41.7 Å². The molecule has 1 heterocycles. The average Bonchev–Trinajstić information content (AvgIpc) is 3.15. The number of thioether (sulfide) groups is 2. The molecule has 0 bridgehead atoms. The molecule has 1 aliphatic heterocycles. The van der Waals surface area contributed by atoms with Gasteiger partial charge >= 0.3 is 0 Å². The second-order valence-electron chi connectivity index (χ2n) is 5.37. The van der Waals surface area contributed by atoms with Crippen molar-refractivity contribution >= 4 is 46.9 Å². The summed E-state index contributed by atoms with van der Waals surface area (Å²) in [4.78, 5) is 22.4. The van der Waals surface area contributed by atoms with E-state index in [2.05, 4.69) is 11.4 Å². The normalized spacial score (nSPS) is 14.7. The highest BCUT2D eigenvalue weighted by atomic mass is 32.2. The van der Waals surface area contributed by atoms with Gasteiger partial charge in [-0.2, -0.15) is 0 Å². The Labute approximate surface area is 154 Å². The fourth-order valence-electron chi connectivity index (χ4n) is 2.41. The summed E-state index contributed by atoms with van der Waals surface area (Å²) >= 11 is 3.83. The Kier molecular flexibility index (Phi) is 5.78. The summed E-state index contributed by atoms with van der Waals surface area (Å²) in [6.07, 6.45) is 2.94. The molecule has 2 aromatic rings. The summed E-state index contributed by atoms with van der Waals surface area (Å²) in [6.45, 7) is 0. The van der Waals surface area contributed by atoms with Gasteiger partial charge in [0.15, 0.2) is 0 Å². The van der Waals surface area contributed by atoms with Crippen LogP contribution in [-0.4, -0.2) is 22.3 Å². The Balaban J connectivity index is 1.65. The lowest BCUT2D eigenvalue weighted by atomic mass is 10.2. The van der Waals surface area contributed by atoms with Crippen molar-refractivity contribution in [1.82, 2.24) is 0 Å². The van der Waals surface area contributed by atoms with Crippen LogP contribution in [0.1, 0.15) is 15.7 Å². The Morgan fingerprint density at radius 3 is 2.68 bits per heavy atom. The van der Waals surface area contributed by atoms with Gasteiger partial charge in [0, 0.05) is 35.4 Å². The second-order valence-corrected chi connectivity index (χ2v) is 8.10. The monoisotopic (exact) mass is 372 g/mol. The predicted molar refractivity (Wildman–Crippen MR) is 105 cm³/mol. The van der Waals surface area contributed by atoms with E-state index in [9.17, 15) is 14.9 Å². The Bertz CT molecular complexity index is 817. The highest BCUT2D eigenvalue weighted by Gasteiger charge is 2.18. The van der Waals surface area contributed by atoms with Crippen LogP contribution in [-0.2, 0) is 4.79 Å². The number of carbonyl (C=O) groups excluding carboxylic acids is 1. The number of carbonyl (C=O) groups is 1. The minimum Gasteiger partial charge on any atom is -0.323 e. The number of hydrogen-bond donors (Lipinski definition) is 1. The van der Waals surface area contributed by atoms with Crippen molar-refractivity contribution < 1.29 is 9.72 Å². The molecule has 0 aromatic heterocycles. The van der Waals surface area contributed by atoms with Crippen LogP contribution in [0.15, 0.2) is 54.6 Å². The third-order valence-corrected chi connectivity index (χ3v) is 6.66. The van der Waals surface area contributed by atoms with Crippen LogP contribution in [0, 0.1) is 10.1 Å². The highest BCUT2D eigenvalue weighted by molar-refractivity contribution is 8.19. The number of nitrogens with one attached hydrogen (secondary N) is 1. The van der Waals surface area contributed by atoms with Gasteiger partial charge in [0.2, 0.25) is 5.91 Å². The summed E-state index contributed by atoms with van der Waals surface area (Å²) in [5.41, 5.74) is 2.56. The SMILES string of the molecule is O=C(/C=C/c1cccc([N+](=O)[O-])c1)Nc1cccc(C2SCCS2)c1. The van der Waals surface area contributed by atoms with Crippen LogP contribution in [0.3, 0.4) is 0 Å². The van der Waals surface area contributed by atoms with E-state index < -0.39 is 4.92 Å². The summed E-state index contributed by atoms with van der Waals surface area (Å²) in [6, 6.07) is 14.0. The molecule has 0 aliphatic carbocycles. The van der Waals surface area contributed by atoms with E-state index >= 15 is 0 Å². The van der Waals surface area contributed by atoms with Crippen molar-refractivity contribution in [2.75, 3.05) is 16.8 Å². The molecule has 0 spiro atoms. The topological polar surface area (TPSA) is 72.2 Å². The Hall–Kier alpha value is -2.25. The van der Waals surface area contributed by atoms with Crippen LogP contribution in [0.5, 0.6) is 0 Å². The highest BCUT2D eigenvalue weighted by Crippen LogP contribution is 2.45. The average molecular weight is 372 g/mol. The molecule has 1 aliphatic rings. The molecular formula is C18H16N2O3S2. The lowest BCUT2D eigenvalue weighted by molar-refractivity contribution is -0.384. The van der Waals surface area contributed by atoms with E-state index in [1.54, 1.807) is 18.2 Å². The number of anilines is 1. The number of nitro benzene ring substituents is 1. The predicted octanol–water partition coefficient (Wildman–Crippen LogP) is 4.73. The van der Waals surface area contributed by atoms with E-state index in [0.717, 1.165) is 17.2 Å². The molecule has 3 rings (SSSR count). The maximum atomic E-state index is 12.1. The molecule has 0 saturated carbocycles. The smallest absolute Gasteiger partial charge is 0.270 e. The third kappa shape index (κ3) is 4.87. The molecule has 0 radical (unpaired) electrons. The van der Waals surface area contributed by atoms with Crippen molar-refractivity contribution in [1.29, 1.82) is 0 Å². The number of non-ortho nitro benzene ring substituents is 1. The largest absolute Gasteiger partial charge is 0.323 e. The summed E-state index contributed by atoms with van der Waals surface area (Å²) in [5.74, 6) is 2.03. The van der Waals surface area contributed by atoms with E-state index in [-0.39, 0.29) is 11.6 Å². The number of nitro groups is 1. The summed E-state index contributed by atoms with van der Waals surface area (Å²) in [5, 5.41) is 13.6. The fourth-order valence-corrected chi connectivity index (χ4v) is 5.25. The molecule has 2 aromatic carbocycles. The van der Waals surface area contributed by atoms with E-state index in [4.69, 9.17) is 0 Å². The van der Waals surface area contributed by atoms with Crippen LogP contribution < -0.4 is 5.32 Å². The van der Waals surface area contributed by atoms with Crippen LogP contribution in [0.2, 0.25) is 0 Å². The van der Waals surface area contributed by atoms with Gasteiger partial charge in [0.1, 0.15) is 0 Å². The van der Waals surface area contributed by atoms with Crippen molar-refractivity contribution in [2.45, 2.75) is 4.58 Å². The van der Waals surface area contributed by atoms with Gasteiger partial charge in [-0.15, -0.1) is 23.5 Å². The van der Waals surface area contributed by atoms with Crippen molar-refractivity contribution in [3.8, 4) is 0 Å². The first-order chi connectivity index (χ1) is 12.1. The molecule has 1 N–H and O–H groups in total. The zero-order valence-electron chi connectivity index (χ0n) is 13.3. The van der Waals surface area contributed by atoms with Gasteiger partial charge in [-0.1, -0.05) is 24.3 Å². The van der Waals surface area contributed by atoms with Crippen LogP contribution in [0.25, 0.3) is 6.08 Å². The maximum Gasteiger partial charge on any atom is 0.270 e. The molecular weight excluding hydrogens is 356 g/mol. The van der Waals surface area contributed by atoms with Gasteiger partial charge in [-0.25, -0.2) is 0 Å². The summed E-state index contributed by atoms with van der Waals surface area (Å²) in [7, 11) is 0. The molecule has 0 unspecified atom stereocenters. The van der Waals surface area contributed by atoms with Gasteiger partial charge in [-0.3, -0.25) is 14.9 Å². The molecule has 1 saturated heterocycles. The standard InChI is InChI=1S/C18H16N2O3S2/c21-17(8-7-13-3-1-6-16(11-13)20(22)23)19-15-5-2-4-14(12-15)18-24-9-10-25-18/h1-8,11-12,18H,9-10H2,(H,19,21)/b8-7+. The maximum absolute atomic E-state index is 12.1. The minimum atomic E-state index is -0.456. The van der Waals surface area contributed by atoms with Crippen molar-refractivity contribution in [3.05, 3.63) is 75.8 Å².